The van der Waals surface area contributed by atoms with Gasteiger partial charge < -0.3 is 5.32 Å². The highest BCUT2D eigenvalue weighted by Gasteiger charge is 2.29. The lowest BCUT2D eigenvalue weighted by atomic mass is 10.1. The lowest BCUT2D eigenvalue weighted by Gasteiger charge is -2.08. The van der Waals surface area contributed by atoms with Crippen LogP contribution in [-0.2, 0) is 11.2 Å². The molecule has 27 heavy (non-hydrogen) atoms. The number of aromatic nitrogens is 4. The number of carbonyl (C=O) groups is 2. The number of aryl methyl sites for hydroxylation is 2. The quantitative estimate of drug-likeness (QED) is 0.674. The molecule has 1 aliphatic heterocycles. The molecule has 3 heterocycles. The van der Waals surface area contributed by atoms with Crippen LogP contribution in [-0.4, -0.2) is 37.7 Å². The van der Waals surface area contributed by atoms with Crippen LogP contribution in [0.2, 0.25) is 0 Å². The number of hydrogen-bond acceptors (Lipinski definition) is 5. The van der Waals surface area contributed by atoms with E-state index in [1.54, 1.807) is 10.9 Å². The molecule has 0 unspecified atom stereocenters. The highest BCUT2D eigenvalue weighted by Crippen LogP contribution is 2.19. The van der Waals surface area contributed by atoms with Crippen molar-refractivity contribution in [2.45, 2.75) is 25.8 Å². The summed E-state index contributed by atoms with van der Waals surface area (Å²) in [5.74, 6) is 1.62. The Morgan fingerprint density at radius 2 is 1.96 bits per heavy atom. The molecule has 2 N–H and O–H groups in total. The summed E-state index contributed by atoms with van der Waals surface area (Å²) in [5.41, 5.74) is 1.96. The van der Waals surface area contributed by atoms with Gasteiger partial charge in [0.25, 0.3) is 5.91 Å². The molecule has 1 atom stereocenters. The predicted octanol–water partition coefficient (Wildman–Crippen LogP) is 1.78. The van der Waals surface area contributed by atoms with Crippen LogP contribution in [0, 0.1) is 6.92 Å². The standard InChI is InChI=1S/C19H18N6O2/c1-12-9-10-20-16(11-12)25-15(8-7-14-18(26)23-19(27)21-14)22-17(24-25)13-5-3-2-4-6-13/h2-6,9-11,14H,7-8H2,1H3,(H2,21,23,26,27)/t14-/m0/s1. The summed E-state index contributed by atoms with van der Waals surface area (Å²) in [6, 6.07) is 12.5. The maximum Gasteiger partial charge on any atom is 0.322 e. The zero-order valence-electron chi connectivity index (χ0n) is 14.7. The SMILES string of the molecule is Cc1ccnc(-n2nc(-c3ccccc3)nc2CC[C@@H]2NC(=O)NC2=O)c1. The molecule has 0 saturated carbocycles. The number of urea groups is 1. The number of nitrogens with zero attached hydrogens (tertiary/aromatic N) is 4. The third-order valence-corrected chi connectivity index (χ3v) is 4.34. The summed E-state index contributed by atoms with van der Waals surface area (Å²) >= 11 is 0. The summed E-state index contributed by atoms with van der Waals surface area (Å²) in [5, 5.41) is 9.48. The summed E-state index contributed by atoms with van der Waals surface area (Å²) < 4.78 is 1.70. The fourth-order valence-electron chi connectivity index (χ4n) is 2.97. The van der Waals surface area contributed by atoms with Crippen molar-refractivity contribution in [2.75, 3.05) is 0 Å². The van der Waals surface area contributed by atoms with Crippen molar-refractivity contribution < 1.29 is 9.59 Å². The first-order valence-corrected chi connectivity index (χ1v) is 8.66. The Hall–Kier alpha value is -3.55. The van der Waals surface area contributed by atoms with E-state index in [0.29, 0.717) is 30.3 Å². The second kappa shape index (κ2) is 6.99. The van der Waals surface area contributed by atoms with Crippen molar-refractivity contribution in [1.82, 2.24) is 30.4 Å². The number of rotatable bonds is 5. The van der Waals surface area contributed by atoms with Crippen LogP contribution in [0.4, 0.5) is 4.79 Å². The van der Waals surface area contributed by atoms with Crippen molar-refractivity contribution >= 4 is 11.9 Å². The van der Waals surface area contributed by atoms with Gasteiger partial charge >= 0.3 is 6.03 Å². The zero-order valence-corrected chi connectivity index (χ0v) is 14.7. The number of carbonyl (C=O) groups excluding carboxylic acids is 2. The third kappa shape index (κ3) is 3.55. The maximum absolute atomic E-state index is 11.8. The first kappa shape index (κ1) is 16.9. The Labute approximate surface area is 155 Å². The second-order valence-corrected chi connectivity index (χ2v) is 6.37. The van der Waals surface area contributed by atoms with Crippen LogP contribution in [0.1, 0.15) is 17.8 Å². The summed E-state index contributed by atoms with van der Waals surface area (Å²) in [6.45, 7) is 1.98. The Bertz CT molecular complexity index is 998. The van der Waals surface area contributed by atoms with E-state index in [-0.39, 0.29) is 5.91 Å². The molecular weight excluding hydrogens is 344 g/mol. The smallest absolute Gasteiger partial charge is 0.322 e. The van der Waals surface area contributed by atoms with E-state index in [1.807, 2.05) is 49.4 Å². The largest absolute Gasteiger partial charge is 0.326 e. The lowest BCUT2D eigenvalue weighted by Crippen LogP contribution is -2.29. The number of imide groups is 1. The van der Waals surface area contributed by atoms with Gasteiger partial charge in [-0.25, -0.2) is 14.8 Å². The zero-order chi connectivity index (χ0) is 18.8. The van der Waals surface area contributed by atoms with E-state index in [4.69, 9.17) is 0 Å². The van der Waals surface area contributed by atoms with Gasteiger partial charge in [-0.3, -0.25) is 10.1 Å². The van der Waals surface area contributed by atoms with Crippen molar-refractivity contribution in [3.8, 4) is 17.2 Å². The topological polar surface area (TPSA) is 102 Å². The van der Waals surface area contributed by atoms with Gasteiger partial charge in [-0.1, -0.05) is 30.3 Å². The van der Waals surface area contributed by atoms with Gasteiger partial charge in [0, 0.05) is 18.2 Å². The van der Waals surface area contributed by atoms with Crippen LogP contribution in [0.3, 0.4) is 0 Å². The van der Waals surface area contributed by atoms with Crippen LogP contribution in [0.25, 0.3) is 17.2 Å². The van der Waals surface area contributed by atoms with E-state index < -0.39 is 12.1 Å². The summed E-state index contributed by atoms with van der Waals surface area (Å²) in [6.07, 6.45) is 2.62. The molecular formula is C19H18N6O2. The molecule has 136 valence electrons. The van der Waals surface area contributed by atoms with Gasteiger partial charge in [0.15, 0.2) is 11.6 Å². The normalized spacial score (nSPS) is 16.3. The van der Waals surface area contributed by atoms with Crippen molar-refractivity contribution in [3.63, 3.8) is 0 Å². The van der Waals surface area contributed by atoms with Gasteiger partial charge in [-0.05, 0) is 31.0 Å². The maximum atomic E-state index is 11.8. The monoisotopic (exact) mass is 362 g/mol. The Kier molecular flexibility index (Phi) is 4.37. The van der Waals surface area contributed by atoms with Gasteiger partial charge in [-0.2, -0.15) is 4.68 Å². The first-order valence-electron chi connectivity index (χ1n) is 8.66. The fourth-order valence-corrected chi connectivity index (χ4v) is 2.97. The Morgan fingerprint density at radius 1 is 1.15 bits per heavy atom. The molecule has 1 fully saturated rings. The van der Waals surface area contributed by atoms with E-state index in [2.05, 4.69) is 25.7 Å². The fraction of sp³-hybridized carbons (Fsp3) is 0.211. The minimum atomic E-state index is -0.562. The number of pyridine rings is 1. The highest BCUT2D eigenvalue weighted by molar-refractivity contribution is 6.04. The molecule has 0 aliphatic carbocycles. The van der Waals surface area contributed by atoms with Crippen LogP contribution in [0.15, 0.2) is 48.7 Å². The number of nitrogens with one attached hydrogen (secondary N) is 2. The number of hydrogen-bond donors (Lipinski definition) is 2. The van der Waals surface area contributed by atoms with Crippen LogP contribution in [0.5, 0.6) is 0 Å². The van der Waals surface area contributed by atoms with Crippen molar-refractivity contribution in [2.24, 2.45) is 0 Å². The van der Waals surface area contributed by atoms with E-state index in [1.165, 1.54) is 0 Å². The van der Waals surface area contributed by atoms with Gasteiger partial charge in [0.05, 0.1) is 0 Å². The second-order valence-electron chi connectivity index (χ2n) is 6.37. The van der Waals surface area contributed by atoms with Gasteiger partial charge in [0.1, 0.15) is 11.9 Å². The Morgan fingerprint density at radius 3 is 2.67 bits per heavy atom. The average Bonchev–Trinajstić information content (AvgIpc) is 3.23. The molecule has 1 aromatic carbocycles. The molecule has 8 nitrogen and oxygen atoms in total. The molecule has 3 amide bonds. The van der Waals surface area contributed by atoms with Crippen LogP contribution < -0.4 is 10.6 Å². The van der Waals surface area contributed by atoms with Crippen molar-refractivity contribution in [3.05, 3.63) is 60.0 Å². The van der Waals surface area contributed by atoms with Crippen molar-refractivity contribution in [1.29, 1.82) is 0 Å². The molecule has 0 bridgehead atoms. The molecule has 1 saturated heterocycles. The van der Waals surface area contributed by atoms with Crippen LogP contribution >= 0.6 is 0 Å². The molecule has 3 aromatic rings. The predicted molar refractivity (Wildman–Crippen MR) is 98.1 cm³/mol. The molecule has 0 radical (unpaired) electrons. The first-order chi connectivity index (χ1) is 13.1. The van der Waals surface area contributed by atoms with E-state index >= 15 is 0 Å². The Balaban J connectivity index is 1.67. The van der Waals surface area contributed by atoms with E-state index in [9.17, 15) is 9.59 Å². The molecule has 0 spiro atoms. The minimum absolute atomic E-state index is 0.317. The molecule has 2 aromatic heterocycles. The molecule has 4 rings (SSSR count). The number of benzene rings is 1. The lowest BCUT2D eigenvalue weighted by molar-refractivity contribution is -0.120. The summed E-state index contributed by atoms with van der Waals surface area (Å²) in [7, 11) is 0. The van der Waals surface area contributed by atoms with Gasteiger partial charge in [0.2, 0.25) is 0 Å². The van der Waals surface area contributed by atoms with E-state index in [0.717, 1.165) is 11.1 Å². The third-order valence-electron chi connectivity index (χ3n) is 4.34. The number of amides is 3. The minimum Gasteiger partial charge on any atom is -0.326 e. The summed E-state index contributed by atoms with van der Waals surface area (Å²) in [4.78, 5) is 32.1. The van der Waals surface area contributed by atoms with Gasteiger partial charge in [-0.15, -0.1) is 5.10 Å². The highest BCUT2D eigenvalue weighted by atomic mass is 16.2. The molecule has 1 aliphatic rings. The average molecular weight is 362 g/mol. The molecule has 8 heteroatoms.